The van der Waals surface area contributed by atoms with Crippen molar-refractivity contribution in [2.45, 2.75) is 95.9 Å². The summed E-state index contributed by atoms with van der Waals surface area (Å²) in [5.74, 6) is 0.522. The van der Waals surface area contributed by atoms with Crippen LogP contribution >= 0.6 is 0 Å². The molecule has 1 atom stereocenters. The summed E-state index contributed by atoms with van der Waals surface area (Å²) in [6, 6.07) is 0. The van der Waals surface area contributed by atoms with Gasteiger partial charge in [-0.05, 0) is 10.8 Å². The molecule has 0 bridgehead atoms. The van der Waals surface area contributed by atoms with Crippen LogP contribution in [0.2, 0.25) is 0 Å². The minimum absolute atomic E-state index is 0. The van der Waals surface area contributed by atoms with Gasteiger partial charge in [-0.15, -0.1) is 12.8 Å². The zero-order valence-electron chi connectivity index (χ0n) is 23.8. The van der Waals surface area contributed by atoms with Gasteiger partial charge in [0.05, 0.1) is 0 Å². The SMILES string of the molecule is CC1=[C-]CC(C(C)(C)C)=C1.CC1=[C-]CC(C(C)(C)C)=C1.CC1[C-]=CC(C(C)(C)C)=C1.[CH2]=[Zr+2].[Cl-].[Cl-]. The van der Waals surface area contributed by atoms with Crippen LogP contribution in [-0.4, -0.2) is 4.21 Å². The van der Waals surface area contributed by atoms with Crippen molar-refractivity contribution in [2.75, 3.05) is 0 Å². The maximum Gasteiger partial charge on any atom is -1.00 e. The van der Waals surface area contributed by atoms with Crippen molar-refractivity contribution in [2.24, 2.45) is 22.2 Å². The van der Waals surface area contributed by atoms with Gasteiger partial charge in [-0.2, -0.15) is 22.8 Å². The summed E-state index contributed by atoms with van der Waals surface area (Å²) >= 11 is 1.30. The molecule has 0 N–H and O–H groups in total. The van der Waals surface area contributed by atoms with Crippen molar-refractivity contribution >= 4 is 4.21 Å². The second-order valence-corrected chi connectivity index (χ2v) is 11.9. The Bertz CT molecular complexity index is 752. The van der Waals surface area contributed by atoms with Gasteiger partial charge in [-0.25, -0.2) is 29.4 Å². The van der Waals surface area contributed by atoms with Gasteiger partial charge >= 0.3 is 28.4 Å². The fourth-order valence-electron chi connectivity index (χ4n) is 3.21. The second kappa shape index (κ2) is 16.5. The van der Waals surface area contributed by atoms with Crippen molar-refractivity contribution in [1.29, 1.82) is 0 Å². The van der Waals surface area contributed by atoms with Crippen molar-refractivity contribution in [3.8, 4) is 0 Å². The van der Waals surface area contributed by atoms with Crippen LogP contribution in [0, 0.1) is 40.4 Å². The van der Waals surface area contributed by atoms with Crippen molar-refractivity contribution in [3.63, 3.8) is 0 Å². The molecule has 0 spiro atoms. The Hall–Kier alpha value is -0.227. The third-order valence-electron chi connectivity index (χ3n) is 5.62. The first kappa shape index (κ1) is 38.3. The van der Waals surface area contributed by atoms with Gasteiger partial charge in [0.15, 0.2) is 0 Å². The predicted octanol–water partition coefficient (Wildman–Crippen LogP) is 3.17. The Morgan fingerprint density at radius 2 is 1.09 bits per heavy atom. The van der Waals surface area contributed by atoms with E-state index in [2.05, 4.69) is 130 Å². The molecule has 192 valence electrons. The van der Waals surface area contributed by atoms with E-state index in [4.69, 9.17) is 0 Å². The maximum atomic E-state index is 3.34. The Morgan fingerprint density at radius 3 is 1.21 bits per heavy atom. The summed E-state index contributed by atoms with van der Waals surface area (Å²) in [6.45, 7) is 26.6. The van der Waals surface area contributed by atoms with E-state index in [0.29, 0.717) is 22.2 Å². The van der Waals surface area contributed by atoms with E-state index in [1.54, 1.807) is 0 Å². The van der Waals surface area contributed by atoms with Gasteiger partial charge in [0, 0.05) is 0 Å². The van der Waals surface area contributed by atoms with Crippen LogP contribution in [0.15, 0.2) is 52.2 Å². The largest absolute Gasteiger partial charge is 1.00 e. The van der Waals surface area contributed by atoms with Crippen LogP contribution in [0.3, 0.4) is 0 Å². The molecule has 0 amide bonds. The van der Waals surface area contributed by atoms with Crippen LogP contribution in [0.25, 0.3) is 0 Å². The first-order valence-electron chi connectivity index (χ1n) is 11.7. The third-order valence-corrected chi connectivity index (χ3v) is 5.62. The topological polar surface area (TPSA) is 0 Å². The number of hydrogen-bond donors (Lipinski definition) is 0. The molecule has 3 aliphatic rings. The monoisotopic (exact) mass is 579 g/mol. The molecule has 3 rings (SSSR count). The number of halogens is 2. The molecule has 0 heterocycles. The minimum atomic E-state index is 0. The zero-order valence-corrected chi connectivity index (χ0v) is 27.7. The van der Waals surface area contributed by atoms with Crippen LogP contribution in [0.5, 0.6) is 0 Å². The maximum absolute atomic E-state index is 3.34. The Kier molecular flexibility index (Phi) is 18.6. The minimum Gasteiger partial charge on any atom is -1.00 e. The molecule has 3 aliphatic carbocycles. The van der Waals surface area contributed by atoms with Gasteiger partial charge in [0.2, 0.25) is 0 Å². The Balaban J connectivity index is -0.000000397. The van der Waals surface area contributed by atoms with Gasteiger partial charge < -0.3 is 24.8 Å². The number of allylic oxidation sites excluding steroid dienone is 12. The first-order valence-corrected chi connectivity index (χ1v) is 13.5. The van der Waals surface area contributed by atoms with Gasteiger partial charge in [-0.3, -0.25) is 18.2 Å². The van der Waals surface area contributed by atoms with Crippen LogP contribution in [0.4, 0.5) is 0 Å². The molecule has 0 saturated heterocycles. The zero-order chi connectivity index (χ0) is 25.3. The van der Waals surface area contributed by atoms with Crippen LogP contribution in [-0.2, 0) is 24.2 Å². The smallest absolute Gasteiger partial charge is 1.00 e. The first-order chi connectivity index (χ1) is 14.5. The van der Waals surface area contributed by atoms with Crippen molar-refractivity contribution < 1.29 is 49.0 Å². The molecule has 0 saturated carbocycles. The normalized spacial score (nSPS) is 18.6. The summed E-state index contributed by atoms with van der Waals surface area (Å²) in [5.41, 5.74) is 8.00. The fourth-order valence-corrected chi connectivity index (χ4v) is 3.21. The van der Waals surface area contributed by atoms with E-state index in [0.717, 1.165) is 12.8 Å². The summed E-state index contributed by atoms with van der Waals surface area (Å²) in [6.07, 6.45) is 20.8. The van der Waals surface area contributed by atoms with E-state index >= 15 is 0 Å². The summed E-state index contributed by atoms with van der Waals surface area (Å²) in [4.78, 5) is 0. The molecule has 34 heavy (non-hydrogen) atoms. The number of rotatable bonds is 0. The van der Waals surface area contributed by atoms with E-state index in [-0.39, 0.29) is 24.8 Å². The average molecular weight is 582 g/mol. The van der Waals surface area contributed by atoms with E-state index < -0.39 is 0 Å². The summed E-state index contributed by atoms with van der Waals surface area (Å²) < 4.78 is 3.34. The van der Waals surface area contributed by atoms with E-state index in [1.807, 2.05) is 0 Å². The quantitative estimate of drug-likeness (QED) is 0.386. The summed E-state index contributed by atoms with van der Waals surface area (Å²) in [7, 11) is 0. The van der Waals surface area contributed by atoms with Gasteiger partial charge in [-0.1, -0.05) is 94.4 Å². The molecule has 0 aromatic heterocycles. The average Bonchev–Trinajstić information content (AvgIpc) is 3.37. The molecule has 0 fully saturated rings. The molecule has 0 nitrogen and oxygen atoms in total. The van der Waals surface area contributed by atoms with Crippen molar-refractivity contribution in [1.82, 2.24) is 0 Å². The molecular weight excluding hydrogens is 534 g/mol. The van der Waals surface area contributed by atoms with Crippen LogP contribution < -0.4 is 24.8 Å². The molecule has 0 aromatic carbocycles. The molecule has 0 radical (unpaired) electrons. The van der Waals surface area contributed by atoms with Gasteiger partial charge in [0.1, 0.15) is 0 Å². The Labute approximate surface area is 240 Å². The van der Waals surface area contributed by atoms with Crippen molar-refractivity contribution in [3.05, 3.63) is 70.4 Å². The third kappa shape index (κ3) is 15.0. The summed E-state index contributed by atoms with van der Waals surface area (Å²) in [5, 5.41) is 0. The predicted molar refractivity (Wildman–Crippen MR) is 141 cm³/mol. The molecule has 3 heteroatoms. The van der Waals surface area contributed by atoms with E-state index in [1.165, 1.54) is 52.1 Å². The Morgan fingerprint density at radius 1 is 0.735 bits per heavy atom. The van der Waals surface area contributed by atoms with Crippen LogP contribution in [0.1, 0.15) is 95.9 Å². The molecule has 0 aromatic rings. The standard InChI is InChI=1S/3C10H15.CH2.2ClH.Zr/c3*1-8-5-6-9(7-8)10(2,3)4;;;;/h2*7H,6H2,1-4H3;6-8H,1-4H3;1H2;2*1H;/q3*-1;;;;+2/p-2. The molecular formula is C31H47Cl2Zr-3. The fraction of sp³-hybridized carbons (Fsp3) is 0.581. The number of hydrogen-bond acceptors (Lipinski definition) is 0. The molecule has 1 unspecified atom stereocenters. The van der Waals surface area contributed by atoms with Gasteiger partial charge in [0.25, 0.3) is 0 Å². The van der Waals surface area contributed by atoms with E-state index in [9.17, 15) is 0 Å². The molecule has 0 aliphatic heterocycles. The second-order valence-electron chi connectivity index (χ2n) is 11.9.